The summed E-state index contributed by atoms with van der Waals surface area (Å²) in [7, 11) is 1.68. The number of aliphatic hydroxyl groups is 1. The highest BCUT2D eigenvalue weighted by molar-refractivity contribution is 5.33. The van der Waals surface area contributed by atoms with Crippen LogP contribution in [0.4, 0.5) is 0 Å². The van der Waals surface area contributed by atoms with Gasteiger partial charge in [0.15, 0.2) is 0 Å². The third-order valence-electron chi connectivity index (χ3n) is 3.64. The van der Waals surface area contributed by atoms with Gasteiger partial charge in [-0.15, -0.1) is 0 Å². The fourth-order valence-corrected chi connectivity index (χ4v) is 2.46. The molecule has 1 saturated carbocycles. The summed E-state index contributed by atoms with van der Waals surface area (Å²) in [5.41, 5.74) is 6.94. The van der Waals surface area contributed by atoms with Gasteiger partial charge in [0.2, 0.25) is 0 Å². The maximum atomic E-state index is 9.76. The van der Waals surface area contributed by atoms with Gasteiger partial charge in [-0.2, -0.15) is 0 Å². The molecular weight excluding hydrogens is 228 g/mol. The lowest BCUT2D eigenvalue weighted by atomic mass is 9.89. The molecule has 4 N–H and O–H groups in total. The number of hydrogen-bond acceptors (Lipinski definition) is 4. The van der Waals surface area contributed by atoms with Gasteiger partial charge in [0.05, 0.1) is 13.2 Å². The first kappa shape index (κ1) is 13.3. The minimum atomic E-state index is -0.381. The Kier molecular flexibility index (Phi) is 4.58. The summed E-state index contributed by atoms with van der Waals surface area (Å²) in [5, 5.41) is 13.2. The lowest BCUT2D eigenvalue weighted by Gasteiger charge is -2.31. The standard InChI is InChI=1S/C14H22N2O2/c1-18-14-5-3-2-4-10(14)9-16-11-6-7-12(15)13(17)8-11/h2-5,11-13,16-17H,6-9,15H2,1H3. The third kappa shape index (κ3) is 3.22. The lowest BCUT2D eigenvalue weighted by molar-refractivity contribution is 0.0909. The molecule has 3 atom stereocenters. The fourth-order valence-electron chi connectivity index (χ4n) is 2.46. The van der Waals surface area contributed by atoms with Crippen LogP contribution in [0.1, 0.15) is 24.8 Å². The van der Waals surface area contributed by atoms with E-state index < -0.39 is 0 Å². The van der Waals surface area contributed by atoms with E-state index in [1.807, 2.05) is 18.2 Å². The van der Waals surface area contributed by atoms with Crippen LogP contribution in [-0.4, -0.2) is 30.4 Å². The Balaban J connectivity index is 1.88. The Morgan fingerprint density at radius 1 is 1.39 bits per heavy atom. The van der Waals surface area contributed by atoms with E-state index in [9.17, 15) is 5.11 Å². The van der Waals surface area contributed by atoms with Gasteiger partial charge in [0.25, 0.3) is 0 Å². The van der Waals surface area contributed by atoms with Crippen molar-refractivity contribution in [3.63, 3.8) is 0 Å². The number of hydrogen-bond donors (Lipinski definition) is 3. The zero-order valence-corrected chi connectivity index (χ0v) is 10.8. The van der Waals surface area contributed by atoms with Gasteiger partial charge < -0.3 is 20.9 Å². The summed E-state index contributed by atoms with van der Waals surface area (Å²) < 4.78 is 5.31. The second-order valence-corrected chi connectivity index (χ2v) is 4.93. The molecule has 0 aromatic heterocycles. The molecule has 3 unspecified atom stereocenters. The molecule has 0 spiro atoms. The first-order valence-electron chi connectivity index (χ1n) is 6.49. The van der Waals surface area contributed by atoms with Crippen molar-refractivity contribution in [3.8, 4) is 5.75 Å². The van der Waals surface area contributed by atoms with Gasteiger partial charge in [-0.25, -0.2) is 0 Å². The molecule has 1 fully saturated rings. The maximum absolute atomic E-state index is 9.76. The van der Waals surface area contributed by atoms with E-state index >= 15 is 0 Å². The predicted molar refractivity (Wildman–Crippen MR) is 71.5 cm³/mol. The van der Waals surface area contributed by atoms with E-state index in [-0.39, 0.29) is 12.1 Å². The molecule has 1 aromatic rings. The molecule has 0 amide bonds. The summed E-state index contributed by atoms with van der Waals surface area (Å²) in [6, 6.07) is 8.26. The summed E-state index contributed by atoms with van der Waals surface area (Å²) >= 11 is 0. The van der Waals surface area contributed by atoms with Gasteiger partial charge in [-0.05, 0) is 25.3 Å². The second kappa shape index (κ2) is 6.18. The quantitative estimate of drug-likeness (QED) is 0.746. The van der Waals surface area contributed by atoms with Gasteiger partial charge in [-0.1, -0.05) is 18.2 Å². The Morgan fingerprint density at radius 2 is 2.17 bits per heavy atom. The van der Waals surface area contributed by atoms with Gasteiger partial charge in [-0.3, -0.25) is 0 Å². The first-order chi connectivity index (χ1) is 8.70. The van der Waals surface area contributed by atoms with E-state index in [1.165, 1.54) is 0 Å². The lowest BCUT2D eigenvalue weighted by Crippen LogP contribution is -2.46. The van der Waals surface area contributed by atoms with Crippen LogP contribution >= 0.6 is 0 Å². The highest BCUT2D eigenvalue weighted by atomic mass is 16.5. The molecule has 1 aromatic carbocycles. The second-order valence-electron chi connectivity index (χ2n) is 4.93. The molecule has 1 aliphatic rings. The molecule has 18 heavy (non-hydrogen) atoms. The number of para-hydroxylation sites is 1. The number of aliphatic hydroxyl groups excluding tert-OH is 1. The van der Waals surface area contributed by atoms with E-state index in [2.05, 4.69) is 11.4 Å². The SMILES string of the molecule is COc1ccccc1CNC1CCC(N)C(O)C1. The summed E-state index contributed by atoms with van der Waals surface area (Å²) in [6.07, 6.45) is 2.25. The topological polar surface area (TPSA) is 67.5 Å². The highest BCUT2D eigenvalue weighted by Gasteiger charge is 2.26. The van der Waals surface area contributed by atoms with Crippen LogP contribution in [0.2, 0.25) is 0 Å². The minimum Gasteiger partial charge on any atom is -0.496 e. The number of methoxy groups -OCH3 is 1. The molecule has 100 valence electrons. The molecule has 1 aliphatic carbocycles. The molecule has 4 nitrogen and oxygen atoms in total. The molecule has 4 heteroatoms. The zero-order valence-electron chi connectivity index (χ0n) is 10.8. The Morgan fingerprint density at radius 3 is 2.89 bits per heavy atom. The summed E-state index contributed by atoms with van der Waals surface area (Å²) in [4.78, 5) is 0. The monoisotopic (exact) mass is 250 g/mol. The van der Waals surface area contributed by atoms with Gasteiger partial charge in [0, 0.05) is 24.2 Å². The van der Waals surface area contributed by atoms with E-state index in [0.29, 0.717) is 6.04 Å². The number of ether oxygens (including phenoxy) is 1. The van der Waals surface area contributed by atoms with E-state index in [1.54, 1.807) is 7.11 Å². The molecule has 0 heterocycles. The van der Waals surface area contributed by atoms with Gasteiger partial charge >= 0.3 is 0 Å². The Bertz CT molecular complexity index is 384. The minimum absolute atomic E-state index is 0.0608. The van der Waals surface area contributed by atoms with E-state index in [0.717, 1.165) is 37.1 Å². The Hall–Kier alpha value is -1.10. The molecule has 0 bridgehead atoms. The Labute approximate surface area is 108 Å². The van der Waals surface area contributed by atoms with E-state index in [4.69, 9.17) is 10.5 Å². The first-order valence-corrected chi connectivity index (χ1v) is 6.49. The molecule has 0 radical (unpaired) electrons. The predicted octanol–water partition coefficient (Wildman–Crippen LogP) is 1.03. The maximum Gasteiger partial charge on any atom is 0.123 e. The van der Waals surface area contributed by atoms with Crippen molar-refractivity contribution in [2.45, 2.75) is 44.0 Å². The van der Waals surface area contributed by atoms with Crippen molar-refractivity contribution in [1.82, 2.24) is 5.32 Å². The zero-order chi connectivity index (χ0) is 13.0. The smallest absolute Gasteiger partial charge is 0.123 e. The average molecular weight is 250 g/mol. The molecule has 0 saturated heterocycles. The van der Waals surface area contributed by atoms with Crippen molar-refractivity contribution >= 4 is 0 Å². The largest absolute Gasteiger partial charge is 0.496 e. The molecule has 0 aliphatic heterocycles. The van der Waals surface area contributed by atoms with Crippen LogP contribution in [0.5, 0.6) is 5.75 Å². The fraction of sp³-hybridized carbons (Fsp3) is 0.571. The normalized spacial score (nSPS) is 28.1. The number of nitrogens with two attached hydrogens (primary N) is 1. The summed E-state index contributed by atoms with van der Waals surface area (Å²) in [6.45, 7) is 0.761. The van der Waals surface area contributed by atoms with Crippen LogP contribution in [0.15, 0.2) is 24.3 Å². The molecule has 2 rings (SSSR count). The molecular formula is C14H22N2O2. The van der Waals surface area contributed by atoms with Crippen LogP contribution in [0, 0.1) is 0 Å². The van der Waals surface area contributed by atoms with Crippen molar-refractivity contribution in [2.75, 3.05) is 7.11 Å². The van der Waals surface area contributed by atoms with Crippen LogP contribution in [0.3, 0.4) is 0 Å². The van der Waals surface area contributed by atoms with Crippen LogP contribution in [0.25, 0.3) is 0 Å². The summed E-state index contributed by atoms with van der Waals surface area (Å²) in [5.74, 6) is 0.901. The highest BCUT2D eigenvalue weighted by Crippen LogP contribution is 2.20. The third-order valence-corrected chi connectivity index (χ3v) is 3.64. The van der Waals surface area contributed by atoms with Crippen molar-refractivity contribution < 1.29 is 9.84 Å². The van der Waals surface area contributed by atoms with Crippen molar-refractivity contribution in [1.29, 1.82) is 0 Å². The van der Waals surface area contributed by atoms with Crippen LogP contribution < -0.4 is 15.8 Å². The average Bonchev–Trinajstić information content (AvgIpc) is 2.40. The number of nitrogens with one attached hydrogen (secondary N) is 1. The van der Waals surface area contributed by atoms with Crippen molar-refractivity contribution in [2.24, 2.45) is 5.73 Å². The van der Waals surface area contributed by atoms with Crippen LogP contribution in [-0.2, 0) is 6.54 Å². The number of rotatable bonds is 4. The van der Waals surface area contributed by atoms with Gasteiger partial charge in [0.1, 0.15) is 5.75 Å². The number of benzene rings is 1. The van der Waals surface area contributed by atoms with Crippen molar-refractivity contribution in [3.05, 3.63) is 29.8 Å².